The van der Waals surface area contributed by atoms with E-state index in [2.05, 4.69) is 26.3 Å². The standard InChI is InChI=1S/C23H27N5O2S.2ClH/c1-27-22(29)3-2-19-23(27)16(4-8-24-19)5-9-28-10-6-17(7-11-28)25-13-18-12-21-20(14-26-18)30-15-31-21;;/h2-4,8,12,14,17,25H,5-7,9-11,13,15H2,1H3;2*1H. The number of hydrogen-bond donors (Lipinski definition) is 1. The van der Waals surface area contributed by atoms with E-state index >= 15 is 0 Å². The Bertz CT molecular complexity index is 1150. The van der Waals surface area contributed by atoms with Crippen molar-refractivity contribution in [3.63, 3.8) is 0 Å². The summed E-state index contributed by atoms with van der Waals surface area (Å²) in [5, 5.41) is 3.68. The van der Waals surface area contributed by atoms with Gasteiger partial charge in [0.25, 0.3) is 5.56 Å². The minimum Gasteiger partial charge on any atom is -0.480 e. The van der Waals surface area contributed by atoms with Crippen LogP contribution in [0.15, 0.2) is 46.3 Å². The van der Waals surface area contributed by atoms with Gasteiger partial charge < -0.3 is 19.5 Å². The van der Waals surface area contributed by atoms with E-state index in [1.807, 2.05) is 31.6 Å². The van der Waals surface area contributed by atoms with Crippen molar-refractivity contribution >= 4 is 47.6 Å². The second kappa shape index (κ2) is 11.5. The molecule has 0 atom stereocenters. The lowest BCUT2D eigenvalue weighted by atomic mass is 10.0. The number of halogens is 2. The van der Waals surface area contributed by atoms with Crippen LogP contribution in [-0.2, 0) is 20.0 Å². The zero-order valence-electron chi connectivity index (χ0n) is 18.5. The smallest absolute Gasteiger partial charge is 0.250 e. The molecule has 3 aromatic rings. The van der Waals surface area contributed by atoms with Crippen LogP contribution < -0.4 is 15.6 Å². The van der Waals surface area contributed by atoms with Crippen LogP contribution in [0.25, 0.3) is 11.0 Å². The minimum atomic E-state index is 0. The normalized spacial score (nSPS) is 16.0. The zero-order valence-corrected chi connectivity index (χ0v) is 21.0. The molecule has 5 rings (SSSR count). The second-order valence-corrected chi connectivity index (χ2v) is 9.17. The van der Waals surface area contributed by atoms with Gasteiger partial charge in [-0.05, 0) is 56.1 Å². The molecule has 10 heteroatoms. The molecule has 3 aromatic heterocycles. The molecule has 1 saturated heterocycles. The van der Waals surface area contributed by atoms with Crippen LogP contribution in [0.2, 0.25) is 0 Å². The van der Waals surface area contributed by atoms with Gasteiger partial charge >= 0.3 is 0 Å². The summed E-state index contributed by atoms with van der Waals surface area (Å²) in [6.07, 6.45) is 6.88. The van der Waals surface area contributed by atoms with E-state index < -0.39 is 0 Å². The molecule has 0 spiro atoms. The zero-order chi connectivity index (χ0) is 21.2. The van der Waals surface area contributed by atoms with Gasteiger partial charge in [0, 0.05) is 38.4 Å². The average Bonchev–Trinajstić information content (AvgIpc) is 3.27. The number of piperidine rings is 1. The van der Waals surface area contributed by atoms with Crippen molar-refractivity contribution in [2.45, 2.75) is 36.7 Å². The van der Waals surface area contributed by atoms with Crippen LogP contribution in [0.4, 0.5) is 0 Å². The fourth-order valence-corrected chi connectivity index (χ4v) is 5.21. The number of fused-ring (bicyclic) bond motifs is 2. The van der Waals surface area contributed by atoms with Crippen LogP contribution in [-0.4, -0.2) is 51.0 Å². The van der Waals surface area contributed by atoms with Gasteiger partial charge in [0.2, 0.25) is 0 Å². The summed E-state index contributed by atoms with van der Waals surface area (Å²) in [6, 6.07) is 8.12. The summed E-state index contributed by atoms with van der Waals surface area (Å²) in [6.45, 7) is 3.97. The largest absolute Gasteiger partial charge is 0.480 e. The predicted molar refractivity (Wildman–Crippen MR) is 137 cm³/mol. The number of aryl methyl sites for hydroxylation is 1. The molecule has 0 radical (unpaired) electrons. The molecule has 0 unspecified atom stereocenters. The lowest BCUT2D eigenvalue weighted by molar-refractivity contribution is 0.199. The lowest BCUT2D eigenvalue weighted by Crippen LogP contribution is -2.43. The number of nitrogens with zero attached hydrogens (tertiary/aromatic N) is 4. The fourth-order valence-electron chi connectivity index (χ4n) is 4.42. The summed E-state index contributed by atoms with van der Waals surface area (Å²) in [5.41, 5.74) is 4.12. The monoisotopic (exact) mass is 509 g/mol. The number of rotatable bonds is 6. The van der Waals surface area contributed by atoms with E-state index in [4.69, 9.17) is 4.74 Å². The Kier molecular flexibility index (Phi) is 9.01. The molecule has 0 saturated carbocycles. The average molecular weight is 510 g/mol. The third-order valence-corrected chi connectivity index (χ3v) is 7.13. The Morgan fingerprint density at radius 3 is 2.82 bits per heavy atom. The first-order valence-corrected chi connectivity index (χ1v) is 11.8. The topological polar surface area (TPSA) is 72.3 Å². The highest BCUT2D eigenvalue weighted by molar-refractivity contribution is 7.99. The Morgan fingerprint density at radius 2 is 2.00 bits per heavy atom. The van der Waals surface area contributed by atoms with E-state index in [1.165, 1.54) is 10.5 Å². The van der Waals surface area contributed by atoms with Gasteiger partial charge in [-0.2, -0.15) is 0 Å². The predicted octanol–water partition coefficient (Wildman–Crippen LogP) is 3.41. The highest BCUT2D eigenvalue weighted by Crippen LogP contribution is 2.35. The highest BCUT2D eigenvalue weighted by Gasteiger charge is 2.20. The summed E-state index contributed by atoms with van der Waals surface area (Å²) in [5.74, 6) is 1.60. The van der Waals surface area contributed by atoms with Gasteiger partial charge in [-0.25, -0.2) is 0 Å². The van der Waals surface area contributed by atoms with Gasteiger partial charge in [-0.3, -0.25) is 14.8 Å². The van der Waals surface area contributed by atoms with E-state index in [9.17, 15) is 4.79 Å². The van der Waals surface area contributed by atoms with E-state index in [1.54, 1.807) is 22.4 Å². The number of aromatic nitrogens is 3. The SMILES string of the molecule is Cl.Cl.Cn1c(=O)ccc2nccc(CCN3CCC(NCc4cc5c(cn4)OCS5)CC3)c21. The number of pyridine rings is 3. The molecule has 2 aliphatic heterocycles. The van der Waals surface area contributed by atoms with E-state index in [-0.39, 0.29) is 30.4 Å². The quantitative estimate of drug-likeness (QED) is 0.545. The number of ether oxygens (including phenoxy) is 1. The van der Waals surface area contributed by atoms with Gasteiger partial charge in [-0.15, -0.1) is 24.8 Å². The van der Waals surface area contributed by atoms with Gasteiger partial charge in [-0.1, -0.05) is 11.8 Å². The molecule has 0 aliphatic carbocycles. The van der Waals surface area contributed by atoms with Crippen LogP contribution in [0.3, 0.4) is 0 Å². The summed E-state index contributed by atoms with van der Waals surface area (Å²) < 4.78 is 7.22. The Balaban J connectivity index is 0.00000153. The number of nitrogens with one attached hydrogen (secondary N) is 1. The first kappa shape index (κ1) is 25.8. The maximum atomic E-state index is 12.1. The highest BCUT2D eigenvalue weighted by atomic mass is 35.5. The molecule has 7 nitrogen and oxygen atoms in total. The fraction of sp³-hybridized carbons (Fsp3) is 0.435. The first-order chi connectivity index (χ1) is 15.2. The lowest BCUT2D eigenvalue weighted by Gasteiger charge is -2.32. The van der Waals surface area contributed by atoms with Gasteiger partial charge in [0.15, 0.2) is 5.75 Å². The van der Waals surface area contributed by atoms with Crippen molar-refractivity contribution in [1.29, 1.82) is 0 Å². The first-order valence-electron chi connectivity index (χ1n) is 10.8. The molecule has 33 heavy (non-hydrogen) atoms. The molecular weight excluding hydrogens is 481 g/mol. The van der Waals surface area contributed by atoms with Crippen molar-refractivity contribution in [2.24, 2.45) is 7.05 Å². The van der Waals surface area contributed by atoms with Crippen LogP contribution in [0.1, 0.15) is 24.1 Å². The van der Waals surface area contributed by atoms with Crippen LogP contribution in [0, 0.1) is 0 Å². The summed E-state index contributed by atoms with van der Waals surface area (Å²) in [4.78, 5) is 24.7. The molecule has 0 aromatic carbocycles. The molecule has 178 valence electrons. The van der Waals surface area contributed by atoms with E-state index in [0.29, 0.717) is 12.0 Å². The van der Waals surface area contributed by atoms with E-state index in [0.717, 1.165) is 67.9 Å². The number of likely N-dealkylation sites (tertiary alicyclic amines) is 1. The molecule has 1 fully saturated rings. The summed E-state index contributed by atoms with van der Waals surface area (Å²) in [7, 11) is 1.83. The Hall–Kier alpha value is -1.84. The summed E-state index contributed by atoms with van der Waals surface area (Å²) >= 11 is 1.73. The van der Waals surface area contributed by atoms with Crippen molar-refractivity contribution in [3.8, 4) is 5.75 Å². The third-order valence-electron chi connectivity index (χ3n) is 6.26. The number of thioether (sulfide) groups is 1. The third kappa shape index (κ3) is 5.81. The maximum Gasteiger partial charge on any atom is 0.250 e. The Labute approximate surface area is 210 Å². The molecule has 0 amide bonds. The number of hydrogen-bond acceptors (Lipinski definition) is 7. The van der Waals surface area contributed by atoms with Gasteiger partial charge in [0.05, 0.1) is 27.8 Å². The van der Waals surface area contributed by atoms with Crippen LogP contribution >= 0.6 is 36.6 Å². The van der Waals surface area contributed by atoms with Crippen molar-refractivity contribution in [3.05, 3.63) is 58.3 Å². The van der Waals surface area contributed by atoms with Crippen molar-refractivity contribution in [2.75, 3.05) is 25.6 Å². The van der Waals surface area contributed by atoms with Crippen LogP contribution in [0.5, 0.6) is 5.75 Å². The minimum absolute atomic E-state index is 0. The maximum absolute atomic E-state index is 12.1. The molecular formula is C23H29Cl2N5O2S. The van der Waals surface area contributed by atoms with Crippen molar-refractivity contribution in [1.82, 2.24) is 24.8 Å². The molecule has 0 bridgehead atoms. The van der Waals surface area contributed by atoms with Gasteiger partial charge in [0.1, 0.15) is 5.94 Å². The Morgan fingerprint density at radius 1 is 1.18 bits per heavy atom. The molecule has 1 N–H and O–H groups in total. The molecule has 5 heterocycles. The van der Waals surface area contributed by atoms with Crippen molar-refractivity contribution < 1.29 is 4.74 Å². The second-order valence-electron chi connectivity index (χ2n) is 8.21. The molecule has 2 aliphatic rings.